The highest BCUT2D eigenvalue weighted by atomic mass is 16.5. The molecule has 0 bridgehead atoms. The number of carboxylic acid groups (broad SMARTS) is 1. The zero-order valence-corrected chi connectivity index (χ0v) is 20.1. The molecule has 0 aliphatic rings. The summed E-state index contributed by atoms with van der Waals surface area (Å²) in [5.74, 6) is -0.276. The second-order valence-electron chi connectivity index (χ2n) is 8.34. The molecule has 0 aromatic carbocycles. The van der Waals surface area contributed by atoms with Crippen molar-refractivity contribution in [2.24, 2.45) is 5.92 Å². The van der Waals surface area contributed by atoms with Gasteiger partial charge in [-0.1, -0.05) is 58.3 Å². The van der Waals surface area contributed by atoms with E-state index in [4.69, 9.17) is 24.4 Å². The van der Waals surface area contributed by atoms with Crippen LogP contribution in [0.25, 0.3) is 0 Å². The Bertz CT molecular complexity index is 383. The number of hydrogen-bond acceptors (Lipinski definition) is 6. The predicted octanol–water partition coefficient (Wildman–Crippen LogP) is 4.02. The Morgan fingerprint density at radius 2 is 1.58 bits per heavy atom. The lowest BCUT2D eigenvalue weighted by molar-refractivity contribution is -0.138. The van der Waals surface area contributed by atoms with Crippen LogP contribution in [0.3, 0.4) is 0 Å². The summed E-state index contributed by atoms with van der Waals surface area (Å²) < 4.78 is 16.5. The monoisotopic (exact) mass is 447 g/mol. The summed E-state index contributed by atoms with van der Waals surface area (Å²) in [5.41, 5.74) is 0. The molecule has 0 aliphatic carbocycles. The van der Waals surface area contributed by atoms with Gasteiger partial charge in [0.25, 0.3) is 0 Å². The van der Waals surface area contributed by atoms with E-state index in [9.17, 15) is 4.79 Å². The van der Waals surface area contributed by atoms with Crippen molar-refractivity contribution in [2.75, 3.05) is 52.7 Å². The number of carboxylic acids is 1. The molecule has 7 heteroatoms. The number of aliphatic carboxylic acids is 1. The van der Waals surface area contributed by atoms with Gasteiger partial charge in [-0.05, 0) is 32.2 Å². The summed E-state index contributed by atoms with van der Waals surface area (Å²) in [6.07, 6.45) is 13.0. The SMILES string of the molecule is CCCCCCCCCCC(CNCCOCCC(=O)O)CC(C)OCCOCCO. The average molecular weight is 448 g/mol. The maximum absolute atomic E-state index is 10.5. The van der Waals surface area contributed by atoms with Gasteiger partial charge in [-0.25, -0.2) is 0 Å². The summed E-state index contributed by atoms with van der Waals surface area (Å²) in [7, 11) is 0. The first-order valence-corrected chi connectivity index (χ1v) is 12.4. The molecule has 0 aromatic rings. The molecule has 0 saturated carbocycles. The average Bonchev–Trinajstić information content (AvgIpc) is 2.74. The van der Waals surface area contributed by atoms with Crippen LogP contribution in [0.1, 0.15) is 84.5 Å². The smallest absolute Gasteiger partial charge is 0.305 e. The molecular formula is C24H49NO6. The van der Waals surface area contributed by atoms with E-state index >= 15 is 0 Å². The van der Waals surface area contributed by atoms with Crippen molar-refractivity contribution in [2.45, 2.75) is 90.6 Å². The Kier molecular flexibility index (Phi) is 23.4. The third-order valence-electron chi connectivity index (χ3n) is 5.31. The molecule has 3 N–H and O–H groups in total. The molecule has 0 aromatic heterocycles. The Balaban J connectivity index is 4.03. The topological polar surface area (TPSA) is 97.3 Å². The number of rotatable bonds is 25. The number of hydrogen-bond donors (Lipinski definition) is 3. The zero-order valence-electron chi connectivity index (χ0n) is 20.1. The van der Waals surface area contributed by atoms with Gasteiger partial charge in [0.15, 0.2) is 0 Å². The number of carbonyl (C=O) groups is 1. The molecule has 0 aliphatic heterocycles. The fourth-order valence-electron chi connectivity index (χ4n) is 3.59. The molecule has 0 heterocycles. The fraction of sp³-hybridized carbons (Fsp3) is 0.958. The Hall–Kier alpha value is -0.730. The van der Waals surface area contributed by atoms with E-state index in [1.165, 1.54) is 57.8 Å². The Labute approximate surface area is 190 Å². The third kappa shape index (κ3) is 23.8. The lowest BCUT2D eigenvalue weighted by Crippen LogP contribution is -2.29. The van der Waals surface area contributed by atoms with Gasteiger partial charge >= 0.3 is 5.97 Å². The van der Waals surface area contributed by atoms with Gasteiger partial charge in [-0.2, -0.15) is 0 Å². The summed E-state index contributed by atoms with van der Waals surface area (Å²) >= 11 is 0. The van der Waals surface area contributed by atoms with Crippen LogP contribution in [-0.2, 0) is 19.0 Å². The van der Waals surface area contributed by atoms with Crippen molar-refractivity contribution in [1.29, 1.82) is 0 Å². The molecule has 0 rings (SSSR count). The van der Waals surface area contributed by atoms with E-state index in [0.29, 0.717) is 32.3 Å². The summed E-state index contributed by atoms with van der Waals surface area (Å²) in [6.45, 7) is 8.29. The first-order chi connectivity index (χ1) is 15.1. The predicted molar refractivity (Wildman–Crippen MR) is 125 cm³/mol. The van der Waals surface area contributed by atoms with Crippen LogP contribution in [0.4, 0.5) is 0 Å². The number of ether oxygens (including phenoxy) is 3. The van der Waals surface area contributed by atoms with Gasteiger partial charge < -0.3 is 29.7 Å². The molecule has 0 radical (unpaired) electrons. The van der Waals surface area contributed by atoms with Gasteiger partial charge in [-0.3, -0.25) is 4.79 Å². The van der Waals surface area contributed by atoms with E-state index in [0.717, 1.165) is 19.5 Å². The summed E-state index contributed by atoms with van der Waals surface area (Å²) in [5, 5.41) is 20.8. The van der Waals surface area contributed by atoms with E-state index in [2.05, 4.69) is 19.2 Å². The Morgan fingerprint density at radius 1 is 0.903 bits per heavy atom. The van der Waals surface area contributed by atoms with Gasteiger partial charge in [0.1, 0.15) is 0 Å². The number of aliphatic hydroxyl groups is 1. The molecule has 186 valence electrons. The molecule has 2 unspecified atom stereocenters. The zero-order chi connectivity index (χ0) is 23.0. The maximum Gasteiger partial charge on any atom is 0.305 e. The van der Waals surface area contributed by atoms with Crippen molar-refractivity contribution in [3.8, 4) is 0 Å². The second kappa shape index (κ2) is 23.9. The molecule has 0 amide bonds. The van der Waals surface area contributed by atoms with Crippen LogP contribution in [-0.4, -0.2) is 75.0 Å². The standard InChI is InChI=1S/C24H49NO6/c1-3-4-5-6-7-8-9-10-11-23(20-22(2)31-19-18-30-17-14-26)21-25-13-16-29-15-12-24(27)28/h22-23,25-26H,3-21H2,1-2H3,(H,27,28). The lowest BCUT2D eigenvalue weighted by atomic mass is 9.94. The first kappa shape index (κ1) is 30.3. The van der Waals surface area contributed by atoms with Gasteiger partial charge in [0, 0.05) is 6.54 Å². The highest BCUT2D eigenvalue weighted by Crippen LogP contribution is 2.18. The third-order valence-corrected chi connectivity index (χ3v) is 5.31. The van der Waals surface area contributed by atoms with Crippen molar-refractivity contribution in [3.63, 3.8) is 0 Å². The first-order valence-electron chi connectivity index (χ1n) is 12.4. The molecule has 31 heavy (non-hydrogen) atoms. The molecule has 0 spiro atoms. The highest BCUT2D eigenvalue weighted by molar-refractivity contribution is 5.66. The van der Waals surface area contributed by atoms with E-state index in [-0.39, 0.29) is 25.7 Å². The molecule has 2 atom stereocenters. The second-order valence-corrected chi connectivity index (χ2v) is 8.34. The molecular weight excluding hydrogens is 398 g/mol. The maximum atomic E-state index is 10.5. The van der Waals surface area contributed by atoms with Crippen molar-refractivity contribution in [1.82, 2.24) is 5.32 Å². The molecule has 7 nitrogen and oxygen atoms in total. The normalized spacial score (nSPS) is 13.4. The van der Waals surface area contributed by atoms with E-state index < -0.39 is 5.97 Å². The minimum Gasteiger partial charge on any atom is -0.481 e. The van der Waals surface area contributed by atoms with Gasteiger partial charge in [0.2, 0.25) is 0 Å². The number of nitrogens with one attached hydrogen (secondary N) is 1. The van der Waals surface area contributed by atoms with Crippen LogP contribution in [0.2, 0.25) is 0 Å². The van der Waals surface area contributed by atoms with E-state index in [1.54, 1.807) is 0 Å². The van der Waals surface area contributed by atoms with Crippen LogP contribution >= 0.6 is 0 Å². The summed E-state index contributed by atoms with van der Waals surface area (Å²) in [6, 6.07) is 0. The summed E-state index contributed by atoms with van der Waals surface area (Å²) in [4.78, 5) is 10.5. The van der Waals surface area contributed by atoms with E-state index in [1.807, 2.05) is 0 Å². The molecule has 0 fully saturated rings. The fourth-order valence-corrected chi connectivity index (χ4v) is 3.59. The van der Waals surface area contributed by atoms with Crippen molar-refractivity contribution < 1.29 is 29.2 Å². The largest absolute Gasteiger partial charge is 0.481 e. The molecule has 0 saturated heterocycles. The van der Waals surface area contributed by atoms with Crippen LogP contribution in [0, 0.1) is 5.92 Å². The lowest BCUT2D eigenvalue weighted by Gasteiger charge is -2.22. The van der Waals surface area contributed by atoms with Crippen LogP contribution in [0.15, 0.2) is 0 Å². The Morgan fingerprint density at radius 3 is 2.26 bits per heavy atom. The van der Waals surface area contributed by atoms with Crippen LogP contribution < -0.4 is 5.32 Å². The van der Waals surface area contributed by atoms with Gasteiger partial charge in [-0.15, -0.1) is 0 Å². The quantitative estimate of drug-likeness (QED) is 0.182. The number of aliphatic hydroxyl groups excluding tert-OH is 1. The van der Waals surface area contributed by atoms with Gasteiger partial charge in [0.05, 0.1) is 52.2 Å². The number of unbranched alkanes of at least 4 members (excludes halogenated alkanes) is 7. The van der Waals surface area contributed by atoms with Crippen molar-refractivity contribution in [3.05, 3.63) is 0 Å². The highest BCUT2D eigenvalue weighted by Gasteiger charge is 2.14. The minimum absolute atomic E-state index is 0.0436. The van der Waals surface area contributed by atoms with Crippen LogP contribution in [0.5, 0.6) is 0 Å². The minimum atomic E-state index is -0.825. The van der Waals surface area contributed by atoms with Crippen molar-refractivity contribution >= 4 is 5.97 Å².